The minimum absolute atomic E-state index is 0.00307. The number of nitrogens with two attached hydrogens (primary N) is 1. The van der Waals surface area contributed by atoms with Gasteiger partial charge in [0.25, 0.3) is 5.91 Å². The zero-order valence-corrected chi connectivity index (χ0v) is 12.9. The van der Waals surface area contributed by atoms with Gasteiger partial charge >= 0.3 is 0 Å². The second-order valence-electron chi connectivity index (χ2n) is 6.29. The summed E-state index contributed by atoms with van der Waals surface area (Å²) >= 11 is 0. The summed E-state index contributed by atoms with van der Waals surface area (Å²) in [4.78, 5) is 12.1. The van der Waals surface area contributed by atoms with Crippen LogP contribution in [0.25, 0.3) is 0 Å². The first-order valence-corrected chi connectivity index (χ1v) is 7.33. The van der Waals surface area contributed by atoms with E-state index in [0.29, 0.717) is 6.54 Å². The Morgan fingerprint density at radius 2 is 2.00 bits per heavy atom. The largest absolute Gasteiger partial charge is 0.488 e. The van der Waals surface area contributed by atoms with Crippen LogP contribution in [0.4, 0.5) is 5.69 Å². The third-order valence-corrected chi connectivity index (χ3v) is 3.21. The molecule has 116 valence electrons. The maximum atomic E-state index is 12.1. The van der Waals surface area contributed by atoms with Crippen LogP contribution in [0.5, 0.6) is 5.75 Å². The average molecular weight is 292 g/mol. The van der Waals surface area contributed by atoms with Crippen molar-refractivity contribution in [3.8, 4) is 5.75 Å². The SMILES string of the molecule is CC(C)(C)Oc1ccc(NC(=O)[C@@H]2CC[C@H](CN)O2)cc1. The molecule has 0 aliphatic carbocycles. The Hall–Kier alpha value is -1.59. The molecule has 5 heteroatoms. The number of carbonyl (C=O) groups is 1. The Bertz CT molecular complexity index is 479. The number of benzene rings is 1. The molecule has 0 bridgehead atoms. The Kier molecular flexibility index (Phi) is 4.85. The average Bonchev–Trinajstić information content (AvgIpc) is 2.88. The van der Waals surface area contributed by atoms with E-state index in [9.17, 15) is 4.79 Å². The molecule has 1 saturated heterocycles. The van der Waals surface area contributed by atoms with Crippen LogP contribution in [-0.4, -0.2) is 30.3 Å². The lowest BCUT2D eigenvalue weighted by atomic mass is 10.2. The summed E-state index contributed by atoms with van der Waals surface area (Å²) in [5.74, 6) is 0.663. The molecule has 2 atom stereocenters. The van der Waals surface area contributed by atoms with Gasteiger partial charge in [-0.15, -0.1) is 0 Å². The first-order valence-electron chi connectivity index (χ1n) is 7.33. The topological polar surface area (TPSA) is 73.6 Å². The van der Waals surface area contributed by atoms with Crippen LogP contribution in [0.1, 0.15) is 33.6 Å². The highest BCUT2D eigenvalue weighted by atomic mass is 16.5. The van der Waals surface area contributed by atoms with Crippen molar-refractivity contribution in [2.75, 3.05) is 11.9 Å². The fraction of sp³-hybridized carbons (Fsp3) is 0.562. The van der Waals surface area contributed by atoms with Crippen molar-refractivity contribution in [2.45, 2.75) is 51.4 Å². The van der Waals surface area contributed by atoms with Crippen LogP contribution >= 0.6 is 0 Å². The van der Waals surface area contributed by atoms with Gasteiger partial charge in [0.15, 0.2) is 0 Å². The number of nitrogens with one attached hydrogen (secondary N) is 1. The number of ether oxygens (including phenoxy) is 2. The van der Waals surface area contributed by atoms with Gasteiger partial charge in [0, 0.05) is 12.2 Å². The molecule has 2 rings (SSSR count). The highest BCUT2D eigenvalue weighted by molar-refractivity contribution is 5.94. The summed E-state index contributed by atoms with van der Waals surface area (Å²) in [6, 6.07) is 7.35. The molecule has 5 nitrogen and oxygen atoms in total. The predicted molar refractivity (Wildman–Crippen MR) is 82.4 cm³/mol. The first-order chi connectivity index (χ1) is 9.87. The standard InChI is InChI=1S/C16H24N2O3/c1-16(2,3)21-12-6-4-11(5-7-12)18-15(19)14-9-8-13(10-17)20-14/h4-7,13-14H,8-10,17H2,1-3H3,(H,18,19)/t13-,14+/m1/s1. The smallest absolute Gasteiger partial charge is 0.253 e. The van der Waals surface area contributed by atoms with E-state index in [1.807, 2.05) is 45.0 Å². The molecule has 1 aromatic carbocycles. The molecule has 0 spiro atoms. The van der Waals surface area contributed by atoms with Gasteiger partial charge in [0.1, 0.15) is 17.5 Å². The quantitative estimate of drug-likeness (QED) is 0.893. The Labute approximate surface area is 125 Å². The zero-order chi connectivity index (χ0) is 15.5. The summed E-state index contributed by atoms with van der Waals surface area (Å²) in [7, 11) is 0. The zero-order valence-electron chi connectivity index (χ0n) is 12.9. The van der Waals surface area contributed by atoms with Crippen LogP contribution in [0.2, 0.25) is 0 Å². The molecular weight excluding hydrogens is 268 g/mol. The summed E-state index contributed by atoms with van der Waals surface area (Å²) in [5, 5.41) is 2.86. The number of anilines is 1. The lowest BCUT2D eigenvalue weighted by Crippen LogP contribution is -2.29. The molecule has 21 heavy (non-hydrogen) atoms. The van der Waals surface area contributed by atoms with Crippen molar-refractivity contribution < 1.29 is 14.3 Å². The molecule has 3 N–H and O–H groups in total. The van der Waals surface area contributed by atoms with Crippen molar-refractivity contribution in [1.29, 1.82) is 0 Å². The van der Waals surface area contributed by atoms with Gasteiger partial charge in [0.05, 0.1) is 6.10 Å². The normalized spacial score (nSPS) is 22.1. The van der Waals surface area contributed by atoms with Crippen LogP contribution in [0, 0.1) is 0 Å². The van der Waals surface area contributed by atoms with Gasteiger partial charge in [0.2, 0.25) is 0 Å². The van der Waals surface area contributed by atoms with Gasteiger partial charge in [-0.25, -0.2) is 0 Å². The maximum absolute atomic E-state index is 12.1. The second-order valence-corrected chi connectivity index (χ2v) is 6.29. The van der Waals surface area contributed by atoms with Crippen molar-refractivity contribution in [1.82, 2.24) is 0 Å². The lowest BCUT2D eigenvalue weighted by molar-refractivity contribution is -0.126. The van der Waals surface area contributed by atoms with Gasteiger partial charge in [-0.2, -0.15) is 0 Å². The summed E-state index contributed by atoms with van der Waals surface area (Å²) in [5.41, 5.74) is 6.05. The molecule has 0 aromatic heterocycles. The van der Waals surface area contributed by atoms with Gasteiger partial charge in [-0.3, -0.25) is 4.79 Å². The van der Waals surface area contributed by atoms with E-state index in [2.05, 4.69) is 5.32 Å². The Balaban J connectivity index is 1.90. The summed E-state index contributed by atoms with van der Waals surface area (Å²) < 4.78 is 11.3. The summed E-state index contributed by atoms with van der Waals surface area (Å²) in [6.45, 7) is 6.44. The number of hydrogen-bond donors (Lipinski definition) is 2. The molecule has 1 aliphatic heterocycles. The maximum Gasteiger partial charge on any atom is 0.253 e. The fourth-order valence-corrected chi connectivity index (χ4v) is 2.25. The van der Waals surface area contributed by atoms with E-state index in [1.165, 1.54) is 0 Å². The van der Waals surface area contributed by atoms with Crippen molar-refractivity contribution >= 4 is 11.6 Å². The number of amides is 1. The van der Waals surface area contributed by atoms with Crippen molar-refractivity contribution in [3.63, 3.8) is 0 Å². The summed E-state index contributed by atoms with van der Waals surface area (Å²) in [6.07, 6.45) is 1.17. The predicted octanol–water partition coefficient (Wildman–Crippen LogP) is 2.31. The molecular formula is C16H24N2O3. The molecule has 0 unspecified atom stereocenters. The van der Waals surface area contributed by atoms with Crippen LogP contribution in [0.15, 0.2) is 24.3 Å². The lowest BCUT2D eigenvalue weighted by Gasteiger charge is -2.21. The molecule has 0 radical (unpaired) electrons. The minimum Gasteiger partial charge on any atom is -0.488 e. The van der Waals surface area contributed by atoms with Crippen LogP contribution < -0.4 is 15.8 Å². The third-order valence-electron chi connectivity index (χ3n) is 3.21. The third kappa shape index (κ3) is 4.72. The highest BCUT2D eigenvalue weighted by Crippen LogP contribution is 2.23. The molecule has 1 fully saturated rings. The Morgan fingerprint density at radius 3 is 2.52 bits per heavy atom. The van der Waals surface area contributed by atoms with Gasteiger partial charge in [-0.1, -0.05) is 0 Å². The molecule has 1 amide bonds. The van der Waals surface area contributed by atoms with Gasteiger partial charge < -0.3 is 20.5 Å². The monoisotopic (exact) mass is 292 g/mol. The van der Waals surface area contributed by atoms with E-state index >= 15 is 0 Å². The molecule has 0 saturated carbocycles. The first kappa shape index (κ1) is 15.8. The van der Waals surface area contributed by atoms with E-state index in [1.54, 1.807) is 0 Å². The minimum atomic E-state index is -0.399. The van der Waals surface area contributed by atoms with Crippen LogP contribution in [0.3, 0.4) is 0 Å². The van der Waals surface area contributed by atoms with Crippen LogP contribution in [-0.2, 0) is 9.53 Å². The molecule has 1 aliphatic rings. The second kappa shape index (κ2) is 6.45. The van der Waals surface area contributed by atoms with E-state index in [-0.39, 0.29) is 17.6 Å². The van der Waals surface area contributed by atoms with Crippen molar-refractivity contribution in [2.24, 2.45) is 5.73 Å². The van der Waals surface area contributed by atoms with E-state index in [0.717, 1.165) is 24.3 Å². The number of rotatable bonds is 4. The highest BCUT2D eigenvalue weighted by Gasteiger charge is 2.29. The van der Waals surface area contributed by atoms with Crippen molar-refractivity contribution in [3.05, 3.63) is 24.3 Å². The van der Waals surface area contributed by atoms with E-state index in [4.69, 9.17) is 15.2 Å². The molecule has 1 heterocycles. The number of hydrogen-bond acceptors (Lipinski definition) is 4. The Morgan fingerprint density at radius 1 is 1.33 bits per heavy atom. The fourth-order valence-electron chi connectivity index (χ4n) is 2.25. The number of carbonyl (C=O) groups excluding carboxylic acids is 1. The molecule has 1 aromatic rings. The van der Waals surface area contributed by atoms with E-state index < -0.39 is 6.10 Å². The van der Waals surface area contributed by atoms with Gasteiger partial charge in [-0.05, 0) is 57.9 Å².